The molecule has 0 unspecified atom stereocenters. The van der Waals surface area contributed by atoms with Gasteiger partial charge in [0, 0.05) is 19.9 Å². The number of hydrogen-bond donors (Lipinski definition) is 1. The van der Waals surface area contributed by atoms with Gasteiger partial charge >= 0.3 is 0 Å². The number of benzene rings is 1. The van der Waals surface area contributed by atoms with E-state index in [0.717, 1.165) is 17.2 Å². The molecule has 0 aliphatic carbocycles. The first-order chi connectivity index (χ1) is 10.0. The zero-order chi connectivity index (χ0) is 15.3. The molecule has 0 radical (unpaired) electrons. The second-order valence-corrected chi connectivity index (χ2v) is 6.05. The largest absolute Gasteiger partial charge is 0.380 e. The van der Waals surface area contributed by atoms with Crippen molar-refractivity contribution in [2.24, 2.45) is 0 Å². The third kappa shape index (κ3) is 4.07. The van der Waals surface area contributed by atoms with Gasteiger partial charge in [-0.2, -0.15) is 0 Å². The summed E-state index contributed by atoms with van der Waals surface area (Å²) in [4.78, 5) is 3.56. The molecular weight excluding hydrogens is 295 g/mol. The molecule has 0 atom stereocenters. The Hall–Kier alpha value is -1.83. The molecule has 0 saturated heterocycles. The molecule has 0 saturated carbocycles. The van der Waals surface area contributed by atoms with Gasteiger partial charge in [-0.3, -0.25) is 0 Å². The molecular formula is C14H15FN2O3S. The van der Waals surface area contributed by atoms with Crippen LogP contribution in [0.15, 0.2) is 47.6 Å². The van der Waals surface area contributed by atoms with E-state index in [2.05, 4.69) is 9.71 Å². The van der Waals surface area contributed by atoms with Gasteiger partial charge in [0.2, 0.25) is 5.03 Å². The average molecular weight is 310 g/mol. The lowest BCUT2D eigenvalue weighted by Gasteiger charge is -2.08. The number of methoxy groups -OCH3 is 1. The van der Waals surface area contributed by atoms with E-state index in [-0.39, 0.29) is 6.54 Å². The number of rotatable bonds is 6. The standard InChI is InChI=1S/C14H15FN2O3S/c1-20-10-12-5-2-4-11(8-12)9-17-21(18,19)14-13(15)6-3-7-16-14/h2-8,17H,9-10H2,1H3. The molecule has 0 aliphatic heterocycles. The van der Waals surface area contributed by atoms with Crippen LogP contribution in [0.25, 0.3) is 0 Å². The van der Waals surface area contributed by atoms with Gasteiger partial charge in [-0.25, -0.2) is 22.5 Å². The van der Waals surface area contributed by atoms with E-state index in [0.29, 0.717) is 6.61 Å². The van der Waals surface area contributed by atoms with Gasteiger partial charge in [-0.05, 0) is 23.3 Å². The Morgan fingerprint density at radius 2 is 2.00 bits per heavy atom. The Morgan fingerprint density at radius 3 is 2.71 bits per heavy atom. The molecule has 21 heavy (non-hydrogen) atoms. The van der Waals surface area contributed by atoms with E-state index >= 15 is 0 Å². The normalized spacial score (nSPS) is 11.5. The van der Waals surface area contributed by atoms with E-state index < -0.39 is 20.9 Å². The Kier molecular flexibility index (Phi) is 5.00. The molecule has 0 fully saturated rings. The van der Waals surface area contributed by atoms with E-state index in [1.165, 1.54) is 12.3 Å². The third-order valence-electron chi connectivity index (χ3n) is 2.75. The Bertz CT molecular complexity index is 720. The Morgan fingerprint density at radius 1 is 1.24 bits per heavy atom. The van der Waals surface area contributed by atoms with Gasteiger partial charge < -0.3 is 4.74 Å². The summed E-state index contributed by atoms with van der Waals surface area (Å²) in [5.74, 6) is -0.877. The van der Waals surface area contributed by atoms with Crippen molar-refractivity contribution in [1.82, 2.24) is 9.71 Å². The summed E-state index contributed by atoms with van der Waals surface area (Å²) < 4.78 is 44.8. The van der Waals surface area contributed by atoms with E-state index in [9.17, 15) is 12.8 Å². The molecule has 1 N–H and O–H groups in total. The molecule has 7 heteroatoms. The highest BCUT2D eigenvalue weighted by Crippen LogP contribution is 2.11. The second kappa shape index (κ2) is 6.75. The highest BCUT2D eigenvalue weighted by molar-refractivity contribution is 7.89. The monoisotopic (exact) mass is 310 g/mol. The van der Waals surface area contributed by atoms with Crippen molar-refractivity contribution in [2.45, 2.75) is 18.2 Å². The quantitative estimate of drug-likeness (QED) is 0.884. The summed E-state index contributed by atoms with van der Waals surface area (Å²) in [6, 6.07) is 9.67. The summed E-state index contributed by atoms with van der Waals surface area (Å²) in [7, 11) is -2.40. The fourth-order valence-electron chi connectivity index (χ4n) is 1.81. The highest BCUT2D eigenvalue weighted by atomic mass is 32.2. The van der Waals surface area contributed by atoms with Crippen LogP contribution in [0.2, 0.25) is 0 Å². The minimum Gasteiger partial charge on any atom is -0.380 e. The predicted octanol–water partition coefficient (Wildman–Crippen LogP) is 1.85. The number of nitrogens with one attached hydrogen (secondary N) is 1. The molecule has 1 aromatic carbocycles. The fourth-order valence-corrected chi connectivity index (χ4v) is 2.83. The summed E-state index contributed by atoms with van der Waals surface area (Å²) >= 11 is 0. The van der Waals surface area contributed by atoms with Crippen molar-refractivity contribution >= 4 is 10.0 Å². The minimum absolute atomic E-state index is 0.0515. The minimum atomic E-state index is -3.98. The zero-order valence-corrected chi connectivity index (χ0v) is 12.2. The molecule has 0 aliphatic rings. The van der Waals surface area contributed by atoms with Gasteiger partial charge in [0.1, 0.15) is 0 Å². The molecule has 0 bridgehead atoms. The number of halogens is 1. The lowest BCUT2D eigenvalue weighted by Crippen LogP contribution is -2.25. The van der Waals surface area contributed by atoms with Crippen molar-refractivity contribution < 1.29 is 17.5 Å². The predicted molar refractivity (Wildman–Crippen MR) is 75.4 cm³/mol. The first-order valence-electron chi connectivity index (χ1n) is 6.20. The van der Waals surface area contributed by atoms with Crippen LogP contribution in [0.5, 0.6) is 0 Å². The van der Waals surface area contributed by atoms with Gasteiger partial charge in [0.25, 0.3) is 10.0 Å². The van der Waals surface area contributed by atoms with Crippen LogP contribution in [0, 0.1) is 5.82 Å². The van der Waals surface area contributed by atoms with Crippen molar-refractivity contribution in [3.63, 3.8) is 0 Å². The van der Waals surface area contributed by atoms with Crippen LogP contribution in [-0.4, -0.2) is 20.5 Å². The van der Waals surface area contributed by atoms with E-state index in [4.69, 9.17) is 4.74 Å². The van der Waals surface area contributed by atoms with Gasteiger partial charge in [0.15, 0.2) is 5.82 Å². The number of aromatic nitrogens is 1. The SMILES string of the molecule is COCc1cccc(CNS(=O)(=O)c2ncccc2F)c1. The molecule has 1 heterocycles. The zero-order valence-electron chi connectivity index (χ0n) is 11.4. The third-order valence-corrected chi connectivity index (χ3v) is 4.08. The van der Waals surface area contributed by atoms with Crippen LogP contribution in [0.4, 0.5) is 4.39 Å². The average Bonchev–Trinajstić information content (AvgIpc) is 2.46. The number of hydrogen-bond acceptors (Lipinski definition) is 4. The van der Waals surface area contributed by atoms with E-state index in [1.54, 1.807) is 19.2 Å². The number of nitrogens with zero attached hydrogens (tertiary/aromatic N) is 1. The summed E-state index contributed by atoms with van der Waals surface area (Å²) in [5, 5.41) is -0.599. The van der Waals surface area contributed by atoms with Crippen molar-refractivity contribution in [2.75, 3.05) is 7.11 Å². The summed E-state index contributed by atoms with van der Waals surface area (Å²) in [6.07, 6.45) is 1.23. The molecule has 112 valence electrons. The smallest absolute Gasteiger partial charge is 0.261 e. The Balaban J connectivity index is 2.12. The van der Waals surface area contributed by atoms with Crippen LogP contribution < -0.4 is 4.72 Å². The second-order valence-electron chi connectivity index (χ2n) is 4.37. The van der Waals surface area contributed by atoms with Gasteiger partial charge in [-0.1, -0.05) is 24.3 Å². The highest BCUT2D eigenvalue weighted by Gasteiger charge is 2.19. The number of pyridine rings is 1. The van der Waals surface area contributed by atoms with Crippen LogP contribution in [0.3, 0.4) is 0 Å². The van der Waals surface area contributed by atoms with Crippen molar-refractivity contribution in [1.29, 1.82) is 0 Å². The molecule has 1 aromatic heterocycles. The summed E-state index contributed by atoms with van der Waals surface area (Å²) in [5.41, 5.74) is 1.68. The molecule has 0 amide bonds. The maximum Gasteiger partial charge on any atom is 0.261 e. The molecule has 5 nitrogen and oxygen atoms in total. The van der Waals surface area contributed by atoms with Crippen molar-refractivity contribution in [3.05, 3.63) is 59.5 Å². The van der Waals surface area contributed by atoms with Crippen molar-refractivity contribution in [3.8, 4) is 0 Å². The van der Waals surface area contributed by atoms with Crippen LogP contribution in [-0.2, 0) is 27.9 Å². The lowest BCUT2D eigenvalue weighted by molar-refractivity contribution is 0.185. The van der Waals surface area contributed by atoms with Crippen LogP contribution >= 0.6 is 0 Å². The van der Waals surface area contributed by atoms with Gasteiger partial charge in [0.05, 0.1) is 6.61 Å². The number of ether oxygens (including phenoxy) is 1. The Labute approximate surface area is 122 Å². The van der Waals surface area contributed by atoms with Gasteiger partial charge in [-0.15, -0.1) is 0 Å². The maximum absolute atomic E-state index is 13.5. The molecule has 2 rings (SSSR count). The summed E-state index contributed by atoms with van der Waals surface area (Å²) in [6.45, 7) is 0.491. The van der Waals surface area contributed by atoms with Crippen LogP contribution in [0.1, 0.15) is 11.1 Å². The fraction of sp³-hybridized carbons (Fsp3) is 0.214. The molecule has 2 aromatic rings. The number of sulfonamides is 1. The lowest BCUT2D eigenvalue weighted by atomic mass is 10.1. The first-order valence-corrected chi connectivity index (χ1v) is 7.68. The first kappa shape index (κ1) is 15.6. The topological polar surface area (TPSA) is 68.3 Å². The molecule has 0 spiro atoms. The van der Waals surface area contributed by atoms with E-state index in [1.807, 2.05) is 12.1 Å². The maximum atomic E-state index is 13.5.